The Kier molecular flexibility index (Phi) is 6.34. The molecule has 0 bridgehead atoms. The maximum atomic E-state index is 13.1. The molecule has 1 fully saturated rings. The normalized spacial score (nSPS) is 18.6. The van der Waals surface area contributed by atoms with Crippen molar-refractivity contribution in [2.45, 2.75) is 57.4 Å². The number of rotatable bonds is 7. The van der Waals surface area contributed by atoms with Gasteiger partial charge in [-0.1, -0.05) is 18.6 Å². The lowest BCUT2D eigenvalue weighted by molar-refractivity contribution is -0.126. The zero-order chi connectivity index (χ0) is 20.3. The molecule has 1 saturated heterocycles. The summed E-state index contributed by atoms with van der Waals surface area (Å²) in [5, 5.41) is 11.1. The summed E-state index contributed by atoms with van der Waals surface area (Å²) in [6.07, 6.45) is 3.33. The molecule has 28 heavy (non-hydrogen) atoms. The zero-order valence-electron chi connectivity index (χ0n) is 16.8. The fourth-order valence-corrected chi connectivity index (χ4v) is 5.06. The summed E-state index contributed by atoms with van der Waals surface area (Å²) in [6, 6.07) is 5.06. The first-order valence-corrected chi connectivity index (χ1v) is 11.4. The fourth-order valence-electron chi connectivity index (χ4n) is 3.52. The van der Waals surface area contributed by atoms with Crippen LogP contribution in [0.4, 0.5) is 0 Å². The number of sulfonamides is 1. The quantitative estimate of drug-likeness (QED) is 0.711. The van der Waals surface area contributed by atoms with Crippen molar-refractivity contribution >= 4 is 27.0 Å². The van der Waals surface area contributed by atoms with E-state index < -0.39 is 10.0 Å². The van der Waals surface area contributed by atoms with Crippen LogP contribution in [0.3, 0.4) is 0 Å². The molecular weight excluding hydrogens is 378 g/mol. The maximum absolute atomic E-state index is 13.1. The molecule has 0 saturated carbocycles. The number of nitrogens with zero attached hydrogens (tertiary/aromatic N) is 4. The van der Waals surface area contributed by atoms with E-state index in [2.05, 4.69) is 22.6 Å². The van der Waals surface area contributed by atoms with Crippen LogP contribution in [0.15, 0.2) is 23.1 Å². The van der Waals surface area contributed by atoms with Gasteiger partial charge in [-0.2, -0.15) is 4.31 Å². The van der Waals surface area contributed by atoms with Crippen molar-refractivity contribution in [1.29, 1.82) is 0 Å². The van der Waals surface area contributed by atoms with Crippen molar-refractivity contribution in [3.8, 4) is 0 Å². The van der Waals surface area contributed by atoms with Crippen molar-refractivity contribution in [3.63, 3.8) is 0 Å². The van der Waals surface area contributed by atoms with Gasteiger partial charge in [0.1, 0.15) is 5.52 Å². The minimum absolute atomic E-state index is 0.0521. The van der Waals surface area contributed by atoms with E-state index in [1.807, 2.05) is 13.8 Å². The molecular formula is C19H29N5O3S. The van der Waals surface area contributed by atoms with Gasteiger partial charge in [-0.05, 0) is 51.3 Å². The van der Waals surface area contributed by atoms with Crippen LogP contribution in [0.2, 0.25) is 0 Å². The molecule has 1 aromatic heterocycles. The van der Waals surface area contributed by atoms with E-state index in [4.69, 9.17) is 0 Å². The maximum Gasteiger partial charge on any atom is 0.243 e. The number of unbranched alkanes of at least 4 members (excludes halogenated alkanes) is 1. The number of fused-ring (bicyclic) bond motifs is 1. The van der Waals surface area contributed by atoms with Crippen LogP contribution >= 0.6 is 0 Å². The second kappa shape index (κ2) is 8.57. The van der Waals surface area contributed by atoms with Gasteiger partial charge in [0.05, 0.1) is 16.3 Å². The van der Waals surface area contributed by atoms with E-state index in [0.29, 0.717) is 31.4 Å². The molecule has 0 spiro atoms. The molecule has 8 nitrogen and oxygen atoms in total. The molecule has 1 aromatic carbocycles. The van der Waals surface area contributed by atoms with E-state index in [1.165, 1.54) is 4.31 Å². The predicted molar refractivity (Wildman–Crippen MR) is 107 cm³/mol. The SMILES string of the molecule is CCCCNC(=O)[C@@H]1CCCN(S(=O)(=O)c2ccc3c(c2)nnn3C(C)C)C1. The summed E-state index contributed by atoms with van der Waals surface area (Å²) in [7, 11) is -3.68. The van der Waals surface area contributed by atoms with Crippen LogP contribution in [0.1, 0.15) is 52.5 Å². The molecule has 1 aliphatic heterocycles. The van der Waals surface area contributed by atoms with Crippen molar-refractivity contribution in [2.75, 3.05) is 19.6 Å². The standard InChI is InChI=1S/C19H29N5O3S/c1-4-5-10-20-19(25)15-7-6-11-23(13-15)28(26,27)16-8-9-18-17(12-16)21-22-24(18)14(2)3/h8-9,12,14-15H,4-7,10-11,13H2,1-3H3,(H,20,25)/t15-/m1/s1. The number of piperidine rings is 1. The largest absolute Gasteiger partial charge is 0.356 e. The molecule has 1 atom stereocenters. The second-order valence-electron chi connectivity index (χ2n) is 7.63. The summed E-state index contributed by atoms with van der Waals surface area (Å²) in [4.78, 5) is 12.6. The van der Waals surface area contributed by atoms with Crippen LogP contribution in [0.5, 0.6) is 0 Å². The fraction of sp³-hybridized carbons (Fsp3) is 0.632. The highest BCUT2D eigenvalue weighted by molar-refractivity contribution is 7.89. The highest BCUT2D eigenvalue weighted by Gasteiger charge is 2.33. The highest BCUT2D eigenvalue weighted by Crippen LogP contribution is 2.26. The summed E-state index contributed by atoms with van der Waals surface area (Å²) in [5.74, 6) is -0.352. The van der Waals surface area contributed by atoms with Crippen LogP contribution in [-0.2, 0) is 14.8 Å². The third kappa shape index (κ3) is 4.20. The summed E-state index contributed by atoms with van der Waals surface area (Å²) >= 11 is 0. The molecule has 1 N–H and O–H groups in total. The Bertz CT molecular complexity index is 938. The number of hydrogen-bond donors (Lipinski definition) is 1. The summed E-state index contributed by atoms with van der Waals surface area (Å²) in [5.41, 5.74) is 1.36. The van der Waals surface area contributed by atoms with Crippen LogP contribution in [0.25, 0.3) is 11.0 Å². The molecule has 154 valence electrons. The van der Waals surface area contributed by atoms with E-state index in [9.17, 15) is 13.2 Å². The van der Waals surface area contributed by atoms with Crippen molar-refractivity contribution in [2.24, 2.45) is 5.92 Å². The van der Waals surface area contributed by atoms with Crippen LogP contribution < -0.4 is 5.32 Å². The van der Waals surface area contributed by atoms with E-state index in [0.717, 1.165) is 18.4 Å². The van der Waals surface area contributed by atoms with Gasteiger partial charge in [-0.15, -0.1) is 5.10 Å². The number of aromatic nitrogens is 3. The van der Waals surface area contributed by atoms with Gasteiger partial charge in [0, 0.05) is 25.7 Å². The van der Waals surface area contributed by atoms with E-state index in [1.54, 1.807) is 22.9 Å². The molecule has 1 amide bonds. The van der Waals surface area contributed by atoms with Gasteiger partial charge in [0.15, 0.2) is 0 Å². The molecule has 2 heterocycles. The Hall–Kier alpha value is -2.00. The molecule has 2 aromatic rings. The van der Waals surface area contributed by atoms with Gasteiger partial charge in [0.25, 0.3) is 0 Å². The minimum Gasteiger partial charge on any atom is -0.356 e. The number of amides is 1. The molecule has 0 radical (unpaired) electrons. The van der Waals surface area contributed by atoms with Crippen LogP contribution in [0, 0.1) is 5.92 Å². The second-order valence-corrected chi connectivity index (χ2v) is 9.56. The summed E-state index contributed by atoms with van der Waals surface area (Å²) < 4.78 is 29.5. The Balaban J connectivity index is 1.78. The Morgan fingerprint density at radius 1 is 1.36 bits per heavy atom. The topological polar surface area (TPSA) is 97.2 Å². The molecule has 9 heteroatoms. The highest BCUT2D eigenvalue weighted by atomic mass is 32.2. The molecule has 3 rings (SSSR count). The number of hydrogen-bond acceptors (Lipinski definition) is 5. The van der Waals surface area contributed by atoms with Gasteiger partial charge in [-0.25, -0.2) is 13.1 Å². The van der Waals surface area contributed by atoms with Gasteiger partial charge in [-0.3, -0.25) is 4.79 Å². The Morgan fingerprint density at radius 3 is 2.86 bits per heavy atom. The van der Waals surface area contributed by atoms with Gasteiger partial charge < -0.3 is 5.32 Å². The Morgan fingerprint density at radius 2 is 2.14 bits per heavy atom. The lowest BCUT2D eigenvalue weighted by atomic mass is 9.99. The zero-order valence-corrected chi connectivity index (χ0v) is 17.6. The van der Waals surface area contributed by atoms with Gasteiger partial charge >= 0.3 is 0 Å². The molecule has 0 aliphatic carbocycles. The lowest BCUT2D eigenvalue weighted by Crippen LogP contribution is -2.45. The first kappa shape index (κ1) is 20.7. The van der Waals surface area contributed by atoms with Crippen molar-refractivity contribution < 1.29 is 13.2 Å². The predicted octanol–water partition coefficient (Wildman–Crippen LogP) is 2.33. The number of carbonyl (C=O) groups excluding carboxylic acids is 1. The lowest BCUT2D eigenvalue weighted by Gasteiger charge is -2.31. The van der Waals surface area contributed by atoms with Gasteiger partial charge in [0.2, 0.25) is 15.9 Å². The monoisotopic (exact) mass is 407 g/mol. The first-order valence-electron chi connectivity index (χ1n) is 9.97. The molecule has 1 aliphatic rings. The third-order valence-electron chi connectivity index (χ3n) is 5.15. The smallest absolute Gasteiger partial charge is 0.243 e. The number of nitrogens with one attached hydrogen (secondary N) is 1. The van der Waals surface area contributed by atoms with E-state index >= 15 is 0 Å². The number of benzene rings is 1. The van der Waals surface area contributed by atoms with Crippen molar-refractivity contribution in [3.05, 3.63) is 18.2 Å². The van der Waals surface area contributed by atoms with E-state index in [-0.39, 0.29) is 29.3 Å². The molecule has 0 unspecified atom stereocenters. The van der Waals surface area contributed by atoms with Crippen LogP contribution in [-0.4, -0.2) is 53.3 Å². The summed E-state index contributed by atoms with van der Waals surface area (Å²) in [6.45, 7) is 7.35. The average molecular weight is 408 g/mol. The number of carbonyl (C=O) groups is 1. The average Bonchev–Trinajstić information content (AvgIpc) is 3.11. The third-order valence-corrected chi connectivity index (χ3v) is 7.02. The first-order chi connectivity index (χ1) is 13.3. The van der Waals surface area contributed by atoms with Crippen molar-refractivity contribution in [1.82, 2.24) is 24.6 Å². The Labute approximate surface area is 166 Å². The minimum atomic E-state index is -3.68.